The Morgan fingerprint density at radius 1 is 1.22 bits per heavy atom. The Morgan fingerprint density at radius 3 is 2.52 bits per heavy atom. The fourth-order valence-electron chi connectivity index (χ4n) is 3.13. The smallest absolute Gasteiger partial charge is 0.410 e. The maximum absolute atomic E-state index is 12.1. The first-order valence-corrected chi connectivity index (χ1v) is 8.37. The van der Waals surface area contributed by atoms with Gasteiger partial charge in [-0.25, -0.2) is 9.78 Å². The van der Waals surface area contributed by atoms with Crippen molar-refractivity contribution in [1.29, 1.82) is 0 Å². The molecule has 6 heteroatoms. The average molecular weight is 318 g/mol. The third-order valence-corrected chi connectivity index (χ3v) is 4.35. The van der Waals surface area contributed by atoms with E-state index in [9.17, 15) is 4.79 Å². The lowest BCUT2D eigenvalue weighted by Gasteiger charge is -2.40. The van der Waals surface area contributed by atoms with Crippen LogP contribution in [-0.4, -0.2) is 52.7 Å². The van der Waals surface area contributed by atoms with Crippen LogP contribution in [0.3, 0.4) is 0 Å². The molecule has 3 rings (SSSR count). The highest BCUT2D eigenvalue weighted by atomic mass is 16.6. The molecule has 1 aromatic heterocycles. The van der Waals surface area contributed by atoms with Crippen LogP contribution in [0.15, 0.2) is 12.4 Å². The van der Waals surface area contributed by atoms with Gasteiger partial charge in [0.05, 0.1) is 5.69 Å². The van der Waals surface area contributed by atoms with Crippen LogP contribution in [0, 0.1) is 5.92 Å². The summed E-state index contributed by atoms with van der Waals surface area (Å²) in [6.07, 6.45) is 4.46. The number of rotatable bonds is 2. The minimum absolute atomic E-state index is 0.242. The molecule has 0 saturated carbocycles. The number of aromatic nitrogens is 2. The zero-order valence-electron chi connectivity index (χ0n) is 14.5. The van der Waals surface area contributed by atoms with Gasteiger partial charge in [-0.15, -0.1) is 0 Å². The van der Waals surface area contributed by atoms with Gasteiger partial charge in [0.1, 0.15) is 5.60 Å². The van der Waals surface area contributed by atoms with Gasteiger partial charge >= 0.3 is 6.09 Å². The van der Waals surface area contributed by atoms with Crippen molar-refractivity contribution in [2.75, 3.05) is 31.1 Å². The fourth-order valence-corrected chi connectivity index (χ4v) is 3.13. The van der Waals surface area contributed by atoms with Gasteiger partial charge in [0, 0.05) is 44.5 Å². The molecule has 2 aliphatic rings. The van der Waals surface area contributed by atoms with Crippen LogP contribution in [0.5, 0.6) is 0 Å². The number of carbonyl (C=O) groups is 1. The fraction of sp³-hybridized carbons (Fsp3) is 0.706. The van der Waals surface area contributed by atoms with Gasteiger partial charge in [-0.1, -0.05) is 6.92 Å². The molecule has 2 fully saturated rings. The Kier molecular flexibility index (Phi) is 4.17. The molecular weight excluding hydrogens is 292 g/mol. The van der Waals surface area contributed by atoms with Gasteiger partial charge in [-0.05, 0) is 33.1 Å². The topological polar surface area (TPSA) is 58.6 Å². The average Bonchev–Trinajstić information content (AvgIpc) is 2.82. The second kappa shape index (κ2) is 5.98. The van der Waals surface area contributed by atoms with Crippen LogP contribution >= 0.6 is 0 Å². The molecule has 1 aromatic rings. The second-order valence-electron chi connectivity index (χ2n) is 7.69. The summed E-state index contributed by atoms with van der Waals surface area (Å²) in [5.74, 6) is 1.94. The van der Waals surface area contributed by atoms with Crippen molar-refractivity contribution < 1.29 is 9.53 Å². The maximum Gasteiger partial charge on any atom is 0.410 e. The molecule has 0 aliphatic carbocycles. The summed E-state index contributed by atoms with van der Waals surface area (Å²) in [6, 6.07) is 0. The minimum Gasteiger partial charge on any atom is -0.444 e. The van der Waals surface area contributed by atoms with Gasteiger partial charge < -0.3 is 14.5 Å². The van der Waals surface area contributed by atoms with Crippen molar-refractivity contribution in [2.24, 2.45) is 5.92 Å². The minimum atomic E-state index is -0.453. The summed E-state index contributed by atoms with van der Waals surface area (Å²) >= 11 is 0. The van der Waals surface area contributed by atoms with E-state index in [1.54, 1.807) is 17.3 Å². The molecule has 126 valence electrons. The van der Waals surface area contributed by atoms with Crippen LogP contribution in [0.1, 0.15) is 45.7 Å². The van der Waals surface area contributed by atoms with E-state index >= 15 is 0 Å². The highest BCUT2D eigenvalue weighted by molar-refractivity contribution is 5.70. The van der Waals surface area contributed by atoms with Gasteiger partial charge in [0.25, 0.3) is 0 Å². The monoisotopic (exact) mass is 318 g/mol. The molecule has 1 amide bonds. The summed E-state index contributed by atoms with van der Waals surface area (Å²) in [4.78, 5) is 25.2. The van der Waals surface area contributed by atoms with Gasteiger partial charge in [-0.3, -0.25) is 4.98 Å². The van der Waals surface area contributed by atoms with Crippen molar-refractivity contribution in [2.45, 2.75) is 45.6 Å². The Bertz CT molecular complexity index is 578. The van der Waals surface area contributed by atoms with E-state index in [1.807, 2.05) is 20.8 Å². The molecule has 2 saturated heterocycles. The van der Waals surface area contributed by atoms with E-state index in [0.29, 0.717) is 19.0 Å². The summed E-state index contributed by atoms with van der Waals surface area (Å²) in [7, 11) is 0. The largest absolute Gasteiger partial charge is 0.444 e. The van der Waals surface area contributed by atoms with Crippen molar-refractivity contribution >= 4 is 11.9 Å². The number of hydrogen-bond acceptors (Lipinski definition) is 5. The predicted octanol–water partition coefficient (Wildman–Crippen LogP) is 2.66. The molecule has 3 heterocycles. The number of carbonyl (C=O) groups excluding carboxylic acids is 1. The normalized spacial score (nSPS) is 22.2. The van der Waals surface area contributed by atoms with Crippen molar-refractivity contribution in [3.05, 3.63) is 18.1 Å². The molecule has 0 radical (unpaired) electrons. The van der Waals surface area contributed by atoms with Crippen LogP contribution in [-0.2, 0) is 4.74 Å². The predicted molar refractivity (Wildman–Crippen MR) is 88.6 cm³/mol. The molecule has 0 aromatic carbocycles. The van der Waals surface area contributed by atoms with Crippen molar-refractivity contribution in [1.82, 2.24) is 14.9 Å². The summed E-state index contributed by atoms with van der Waals surface area (Å²) in [5.41, 5.74) is 0.562. The van der Waals surface area contributed by atoms with E-state index < -0.39 is 5.60 Å². The van der Waals surface area contributed by atoms with Crippen molar-refractivity contribution in [3.8, 4) is 0 Å². The van der Waals surface area contributed by atoms with E-state index in [0.717, 1.165) is 24.6 Å². The molecule has 6 nitrogen and oxygen atoms in total. The lowest BCUT2D eigenvalue weighted by atomic mass is 9.96. The van der Waals surface area contributed by atoms with Gasteiger partial charge in [0.15, 0.2) is 5.82 Å². The Labute approximate surface area is 137 Å². The first-order valence-electron chi connectivity index (χ1n) is 8.37. The van der Waals surface area contributed by atoms with Crippen LogP contribution in [0.2, 0.25) is 0 Å². The SMILES string of the molecule is CC1CCN(c2nccnc2C2CN(C(=O)OC(C)(C)C)C2)C1. The summed E-state index contributed by atoms with van der Waals surface area (Å²) < 4.78 is 5.41. The molecule has 1 atom stereocenters. The standard InChI is InChI=1S/C17H26N4O2/c1-12-5-8-20(9-12)15-14(18-6-7-19-15)13-10-21(11-13)16(22)23-17(2,3)4/h6-7,12-13H,5,8-11H2,1-4H3. The molecule has 23 heavy (non-hydrogen) atoms. The van der Waals surface area contributed by atoms with E-state index in [4.69, 9.17) is 4.74 Å². The van der Waals surface area contributed by atoms with Crippen LogP contribution in [0.4, 0.5) is 10.6 Å². The number of hydrogen-bond donors (Lipinski definition) is 0. The van der Waals surface area contributed by atoms with Gasteiger partial charge in [-0.2, -0.15) is 0 Å². The number of nitrogens with zero attached hydrogens (tertiary/aromatic N) is 4. The zero-order chi connectivity index (χ0) is 16.6. The van der Waals surface area contributed by atoms with Crippen LogP contribution in [0.25, 0.3) is 0 Å². The number of likely N-dealkylation sites (tertiary alicyclic amines) is 1. The highest BCUT2D eigenvalue weighted by Crippen LogP contribution is 2.33. The van der Waals surface area contributed by atoms with E-state index in [-0.39, 0.29) is 12.0 Å². The van der Waals surface area contributed by atoms with Gasteiger partial charge in [0.2, 0.25) is 0 Å². The summed E-state index contributed by atoms with van der Waals surface area (Å²) in [5, 5.41) is 0. The summed E-state index contributed by atoms with van der Waals surface area (Å²) in [6.45, 7) is 11.3. The molecule has 0 spiro atoms. The van der Waals surface area contributed by atoms with E-state index in [2.05, 4.69) is 21.8 Å². The molecule has 0 N–H and O–H groups in total. The lowest BCUT2D eigenvalue weighted by molar-refractivity contribution is 0.00788. The number of ether oxygens (including phenoxy) is 1. The Hall–Kier alpha value is -1.85. The first kappa shape index (κ1) is 16.0. The Balaban J connectivity index is 1.65. The quantitative estimate of drug-likeness (QED) is 0.839. The molecular formula is C17H26N4O2. The molecule has 2 aliphatic heterocycles. The van der Waals surface area contributed by atoms with E-state index in [1.165, 1.54) is 6.42 Å². The highest BCUT2D eigenvalue weighted by Gasteiger charge is 2.38. The zero-order valence-corrected chi connectivity index (χ0v) is 14.5. The third-order valence-electron chi connectivity index (χ3n) is 4.35. The third kappa shape index (κ3) is 3.57. The first-order chi connectivity index (χ1) is 10.8. The van der Waals surface area contributed by atoms with Crippen LogP contribution < -0.4 is 4.90 Å². The number of anilines is 1. The number of amides is 1. The molecule has 0 bridgehead atoms. The molecule has 1 unspecified atom stereocenters. The Morgan fingerprint density at radius 2 is 1.91 bits per heavy atom. The van der Waals surface area contributed by atoms with Crippen molar-refractivity contribution in [3.63, 3.8) is 0 Å². The lowest BCUT2D eigenvalue weighted by Crippen LogP contribution is -2.50. The maximum atomic E-state index is 12.1. The second-order valence-corrected chi connectivity index (χ2v) is 7.69.